The number of carbonyl (C=O) groups excluding carboxylic acids is 3. The van der Waals surface area contributed by atoms with Crippen LogP contribution in [-0.4, -0.2) is 47.3 Å². The van der Waals surface area contributed by atoms with Gasteiger partial charge in [0.25, 0.3) is 5.91 Å². The number of amides is 4. The van der Waals surface area contributed by atoms with Crippen LogP contribution in [0.2, 0.25) is 5.02 Å². The van der Waals surface area contributed by atoms with Gasteiger partial charge in [-0.25, -0.2) is 4.79 Å². The summed E-state index contributed by atoms with van der Waals surface area (Å²) < 4.78 is 0. The summed E-state index contributed by atoms with van der Waals surface area (Å²) in [5.74, 6) is -0.551. The van der Waals surface area contributed by atoms with Crippen LogP contribution in [0.25, 0.3) is 0 Å². The molecule has 164 valence electrons. The lowest BCUT2D eigenvalue weighted by atomic mass is 9.95. The summed E-state index contributed by atoms with van der Waals surface area (Å²) in [5, 5.41) is 6.24. The molecule has 0 bridgehead atoms. The van der Waals surface area contributed by atoms with Crippen molar-refractivity contribution in [1.82, 2.24) is 20.4 Å². The van der Waals surface area contributed by atoms with Crippen molar-refractivity contribution in [2.75, 3.05) is 19.6 Å². The zero-order valence-electron chi connectivity index (χ0n) is 17.4. The fourth-order valence-corrected chi connectivity index (χ4v) is 4.16. The smallest absolute Gasteiger partial charge is 0.322 e. The molecule has 0 fully saturated rings. The van der Waals surface area contributed by atoms with Gasteiger partial charge in [0.05, 0.1) is 23.9 Å². The molecule has 32 heavy (non-hydrogen) atoms. The molecule has 0 saturated heterocycles. The average Bonchev–Trinajstić information content (AvgIpc) is 3.10. The second-order valence-corrected chi connectivity index (χ2v) is 8.06. The molecule has 2 aliphatic rings. The first-order chi connectivity index (χ1) is 15.5. The topological polar surface area (TPSA) is 81.8 Å². The first-order valence-corrected chi connectivity index (χ1v) is 10.6. The van der Waals surface area contributed by atoms with E-state index < -0.39 is 6.04 Å². The van der Waals surface area contributed by atoms with Crippen molar-refractivity contribution >= 4 is 29.4 Å². The highest BCUT2D eigenvalue weighted by Crippen LogP contribution is 2.36. The largest absolute Gasteiger partial charge is 0.350 e. The lowest BCUT2D eigenvalue weighted by Crippen LogP contribution is -2.47. The minimum absolute atomic E-state index is 0.100. The highest BCUT2D eigenvalue weighted by atomic mass is 35.5. The Labute approximate surface area is 191 Å². The van der Waals surface area contributed by atoms with Crippen LogP contribution in [0.3, 0.4) is 0 Å². The van der Waals surface area contributed by atoms with Crippen LogP contribution in [0.4, 0.5) is 4.79 Å². The zero-order valence-corrected chi connectivity index (χ0v) is 18.1. The standard InChI is InChI=1S/C24H23ClN4O3/c1-2-11-29-19-14-28(15-20(30)26-13-16-7-4-3-5-8-16)23(31)21(19)22(27-24(29)32)17-9-6-10-18(25)12-17/h2-10,12,22H,1,11,13-15H2,(H,26,30)(H,27,32)/t22-/m1/s1. The SMILES string of the molecule is C=CCN1C(=O)N[C@H](c2cccc(Cl)c2)C2=C1CN(CC(=O)NCc1ccccc1)C2=O. The number of urea groups is 1. The predicted molar refractivity (Wildman–Crippen MR) is 122 cm³/mol. The maximum Gasteiger partial charge on any atom is 0.322 e. The van der Waals surface area contributed by atoms with Gasteiger partial charge in [0.2, 0.25) is 5.91 Å². The van der Waals surface area contributed by atoms with Crippen molar-refractivity contribution in [3.63, 3.8) is 0 Å². The average molecular weight is 451 g/mol. The third-order valence-corrected chi connectivity index (χ3v) is 5.69. The van der Waals surface area contributed by atoms with Gasteiger partial charge >= 0.3 is 6.03 Å². The molecule has 1 atom stereocenters. The lowest BCUT2D eigenvalue weighted by molar-refractivity contribution is -0.132. The molecule has 2 aliphatic heterocycles. The van der Waals surface area contributed by atoms with Gasteiger partial charge in [-0.15, -0.1) is 6.58 Å². The second-order valence-electron chi connectivity index (χ2n) is 7.62. The molecular formula is C24H23ClN4O3. The number of carbonyl (C=O) groups is 3. The Balaban J connectivity index is 1.54. The van der Waals surface area contributed by atoms with Crippen LogP contribution in [0.5, 0.6) is 0 Å². The maximum atomic E-state index is 13.3. The number of hydrogen-bond acceptors (Lipinski definition) is 3. The molecule has 4 amide bonds. The Morgan fingerprint density at radius 3 is 2.69 bits per heavy atom. The van der Waals surface area contributed by atoms with Gasteiger partial charge in [-0.05, 0) is 23.3 Å². The third kappa shape index (κ3) is 4.38. The van der Waals surface area contributed by atoms with Crippen LogP contribution < -0.4 is 10.6 Å². The van der Waals surface area contributed by atoms with E-state index in [1.165, 1.54) is 9.80 Å². The summed E-state index contributed by atoms with van der Waals surface area (Å²) in [6, 6.07) is 15.6. The van der Waals surface area contributed by atoms with Crippen LogP contribution in [0.15, 0.2) is 78.5 Å². The molecule has 0 saturated carbocycles. The summed E-state index contributed by atoms with van der Waals surface area (Å²) >= 11 is 6.14. The van der Waals surface area contributed by atoms with E-state index in [1.807, 2.05) is 36.4 Å². The number of halogens is 1. The highest BCUT2D eigenvalue weighted by Gasteiger charge is 2.44. The molecule has 7 nitrogen and oxygen atoms in total. The fourth-order valence-electron chi connectivity index (χ4n) is 3.96. The van der Waals surface area contributed by atoms with Crippen LogP contribution in [0, 0.1) is 0 Å². The van der Waals surface area contributed by atoms with Gasteiger partial charge < -0.3 is 15.5 Å². The van der Waals surface area contributed by atoms with Gasteiger partial charge in [0.1, 0.15) is 6.54 Å². The number of hydrogen-bond donors (Lipinski definition) is 2. The quantitative estimate of drug-likeness (QED) is 0.636. The molecule has 0 spiro atoms. The summed E-state index contributed by atoms with van der Waals surface area (Å²) in [4.78, 5) is 41.6. The molecule has 2 heterocycles. The van der Waals surface area contributed by atoms with Crippen LogP contribution in [-0.2, 0) is 16.1 Å². The van der Waals surface area contributed by atoms with Gasteiger partial charge in [0.15, 0.2) is 0 Å². The van der Waals surface area contributed by atoms with E-state index in [-0.39, 0.29) is 37.5 Å². The molecule has 0 aliphatic carbocycles. The lowest BCUT2D eigenvalue weighted by Gasteiger charge is -2.33. The zero-order chi connectivity index (χ0) is 22.7. The number of rotatable bonds is 7. The summed E-state index contributed by atoms with van der Waals surface area (Å²) in [5.41, 5.74) is 2.71. The first-order valence-electron chi connectivity index (χ1n) is 10.2. The van der Waals surface area contributed by atoms with E-state index in [2.05, 4.69) is 17.2 Å². The third-order valence-electron chi connectivity index (χ3n) is 5.46. The van der Waals surface area contributed by atoms with E-state index in [0.29, 0.717) is 28.4 Å². The summed E-state index contributed by atoms with van der Waals surface area (Å²) in [6.07, 6.45) is 1.60. The van der Waals surface area contributed by atoms with Gasteiger partial charge in [-0.2, -0.15) is 0 Å². The second kappa shape index (κ2) is 9.28. The van der Waals surface area contributed by atoms with Crippen molar-refractivity contribution in [2.24, 2.45) is 0 Å². The molecule has 0 unspecified atom stereocenters. The molecule has 8 heteroatoms. The molecule has 2 aromatic rings. The molecular weight excluding hydrogens is 428 g/mol. The van der Waals surface area contributed by atoms with E-state index in [0.717, 1.165) is 5.56 Å². The van der Waals surface area contributed by atoms with Gasteiger partial charge in [-0.1, -0.05) is 60.1 Å². The first kappa shape index (κ1) is 21.6. The Morgan fingerprint density at radius 1 is 1.19 bits per heavy atom. The summed E-state index contributed by atoms with van der Waals surface area (Å²) in [6.45, 7) is 4.41. The summed E-state index contributed by atoms with van der Waals surface area (Å²) in [7, 11) is 0. The molecule has 0 aromatic heterocycles. The maximum absolute atomic E-state index is 13.3. The number of benzene rings is 2. The fraction of sp³-hybridized carbons (Fsp3) is 0.208. The van der Waals surface area contributed by atoms with Crippen molar-refractivity contribution in [3.8, 4) is 0 Å². The van der Waals surface area contributed by atoms with E-state index in [1.54, 1.807) is 24.3 Å². The Hall–Kier alpha value is -3.58. The Kier molecular flexibility index (Phi) is 6.28. The van der Waals surface area contributed by atoms with E-state index in [4.69, 9.17) is 11.6 Å². The van der Waals surface area contributed by atoms with Crippen molar-refractivity contribution < 1.29 is 14.4 Å². The van der Waals surface area contributed by atoms with Gasteiger partial charge in [0, 0.05) is 18.1 Å². The molecule has 0 radical (unpaired) electrons. The number of nitrogens with one attached hydrogen (secondary N) is 2. The molecule has 2 N–H and O–H groups in total. The minimum Gasteiger partial charge on any atom is -0.350 e. The molecule has 4 rings (SSSR count). The Bertz CT molecular complexity index is 1100. The van der Waals surface area contributed by atoms with Crippen molar-refractivity contribution in [2.45, 2.75) is 12.6 Å². The van der Waals surface area contributed by atoms with E-state index >= 15 is 0 Å². The van der Waals surface area contributed by atoms with Crippen LogP contribution >= 0.6 is 11.6 Å². The number of nitrogens with zero attached hydrogens (tertiary/aromatic N) is 2. The van der Waals surface area contributed by atoms with Crippen molar-refractivity contribution in [1.29, 1.82) is 0 Å². The highest BCUT2D eigenvalue weighted by molar-refractivity contribution is 6.30. The van der Waals surface area contributed by atoms with Crippen molar-refractivity contribution in [3.05, 3.63) is 94.7 Å². The van der Waals surface area contributed by atoms with Gasteiger partial charge in [-0.3, -0.25) is 14.5 Å². The normalized spacial score (nSPS) is 17.8. The van der Waals surface area contributed by atoms with E-state index in [9.17, 15) is 14.4 Å². The monoisotopic (exact) mass is 450 g/mol. The minimum atomic E-state index is -0.637. The Morgan fingerprint density at radius 2 is 1.97 bits per heavy atom. The predicted octanol–water partition coefficient (Wildman–Crippen LogP) is 3.01. The van der Waals surface area contributed by atoms with Crippen LogP contribution in [0.1, 0.15) is 17.2 Å². The molecule has 2 aromatic carbocycles.